The van der Waals surface area contributed by atoms with Crippen molar-refractivity contribution in [2.24, 2.45) is 14.1 Å². The van der Waals surface area contributed by atoms with E-state index in [9.17, 15) is 14.7 Å². The third kappa shape index (κ3) is 2.53. The summed E-state index contributed by atoms with van der Waals surface area (Å²) in [7, 11) is 3.04. The molecular weight excluding hydrogens is 344 g/mol. The summed E-state index contributed by atoms with van der Waals surface area (Å²) >= 11 is 1.54. The molecule has 0 aromatic carbocycles. The molecule has 0 bridgehead atoms. The van der Waals surface area contributed by atoms with E-state index in [4.69, 9.17) is 0 Å². The van der Waals surface area contributed by atoms with Crippen LogP contribution in [0.2, 0.25) is 0 Å². The molecule has 0 radical (unpaired) electrons. The monoisotopic (exact) mass is 362 g/mol. The molecule has 0 unspecified atom stereocenters. The molecule has 0 aliphatic carbocycles. The number of aryl methyl sites for hydroxylation is 1. The number of likely N-dealkylation sites (tertiary alicyclic amines) is 1. The molecule has 25 heavy (non-hydrogen) atoms. The van der Waals surface area contributed by atoms with Gasteiger partial charge in [0.05, 0.1) is 29.7 Å². The maximum atomic E-state index is 12.3. The van der Waals surface area contributed by atoms with Crippen LogP contribution in [0.15, 0.2) is 26.8 Å². The van der Waals surface area contributed by atoms with E-state index in [1.165, 1.54) is 17.9 Å². The summed E-state index contributed by atoms with van der Waals surface area (Å²) in [6.45, 7) is 1.75. The Hall–Kier alpha value is -2.30. The first-order valence-corrected chi connectivity index (χ1v) is 8.81. The van der Waals surface area contributed by atoms with E-state index in [1.807, 2.05) is 5.38 Å². The molecule has 2 atom stereocenters. The van der Waals surface area contributed by atoms with Gasteiger partial charge in [-0.3, -0.25) is 18.8 Å². The van der Waals surface area contributed by atoms with Crippen molar-refractivity contribution >= 4 is 22.5 Å². The molecule has 4 rings (SSSR count). The van der Waals surface area contributed by atoms with Crippen LogP contribution in [-0.2, 0) is 20.6 Å². The van der Waals surface area contributed by atoms with Crippen molar-refractivity contribution in [1.29, 1.82) is 0 Å². The van der Waals surface area contributed by atoms with Crippen LogP contribution in [0, 0.1) is 0 Å². The molecule has 0 spiro atoms. The fraction of sp³-hybridized carbons (Fsp3) is 0.467. The number of nitrogens with zero attached hydrogens (tertiary/aromatic N) is 6. The Kier molecular flexibility index (Phi) is 3.82. The largest absolute Gasteiger partial charge is 0.390 e. The standard InChI is InChI=1S/C15H18N6O3S/c1-18-13-12(14(23)19(2)15(18)24)16-7-21(13)10-4-20(5-11(10)22)3-9-6-25-8-17-9/h6-8,10-11,22H,3-5H2,1-2H3/t10-,11-/m1/s1. The highest BCUT2D eigenvalue weighted by Crippen LogP contribution is 2.26. The highest BCUT2D eigenvalue weighted by molar-refractivity contribution is 7.07. The maximum Gasteiger partial charge on any atom is 0.332 e. The fourth-order valence-corrected chi connectivity index (χ4v) is 3.99. The molecule has 132 valence electrons. The Labute approximate surface area is 146 Å². The number of β-amino-alcohol motifs (C(OH)–C–C–N with tert-alkyl or cyclic N) is 1. The van der Waals surface area contributed by atoms with Crippen LogP contribution in [0.5, 0.6) is 0 Å². The second kappa shape index (κ2) is 5.90. The number of thiazole rings is 1. The van der Waals surface area contributed by atoms with Crippen LogP contribution < -0.4 is 11.2 Å². The first kappa shape index (κ1) is 16.2. The average Bonchev–Trinajstić information content (AvgIpc) is 3.31. The zero-order valence-electron chi connectivity index (χ0n) is 13.9. The Bertz CT molecular complexity index is 1030. The first-order chi connectivity index (χ1) is 12.0. The van der Waals surface area contributed by atoms with Crippen LogP contribution in [-0.4, -0.2) is 52.9 Å². The second-order valence-corrected chi connectivity index (χ2v) is 7.06. The molecule has 0 saturated carbocycles. The van der Waals surface area contributed by atoms with Crippen molar-refractivity contribution in [3.8, 4) is 0 Å². The van der Waals surface area contributed by atoms with Gasteiger partial charge >= 0.3 is 5.69 Å². The van der Waals surface area contributed by atoms with E-state index < -0.39 is 17.4 Å². The van der Waals surface area contributed by atoms with Gasteiger partial charge in [-0.15, -0.1) is 11.3 Å². The van der Waals surface area contributed by atoms with E-state index in [2.05, 4.69) is 14.9 Å². The zero-order valence-corrected chi connectivity index (χ0v) is 14.7. The summed E-state index contributed by atoms with van der Waals surface area (Å²) in [6.07, 6.45) is 0.918. The lowest BCUT2D eigenvalue weighted by Crippen LogP contribution is -2.38. The molecule has 1 saturated heterocycles. The number of hydrogen-bond acceptors (Lipinski definition) is 7. The third-order valence-corrected chi connectivity index (χ3v) is 5.36. The molecule has 1 N–H and O–H groups in total. The summed E-state index contributed by atoms with van der Waals surface area (Å²) in [6, 6.07) is -0.277. The summed E-state index contributed by atoms with van der Waals surface area (Å²) in [4.78, 5) is 35.1. The van der Waals surface area contributed by atoms with E-state index in [0.29, 0.717) is 25.3 Å². The normalized spacial score (nSPS) is 21.4. The van der Waals surface area contributed by atoms with E-state index in [1.54, 1.807) is 28.5 Å². The van der Waals surface area contributed by atoms with Gasteiger partial charge in [-0.2, -0.15) is 0 Å². The second-order valence-electron chi connectivity index (χ2n) is 6.34. The van der Waals surface area contributed by atoms with Gasteiger partial charge in [-0.25, -0.2) is 14.8 Å². The molecule has 4 heterocycles. The highest BCUT2D eigenvalue weighted by Gasteiger charge is 2.34. The van der Waals surface area contributed by atoms with Gasteiger partial charge in [0.25, 0.3) is 5.56 Å². The zero-order chi connectivity index (χ0) is 17.7. The van der Waals surface area contributed by atoms with Gasteiger partial charge in [-0.1, -0.05) is 0 Å². The van der Waals surface area contributed by atoms with Gasteiger partial charge in [-0.05, 0) is 0 Å². The van der Waals surface area contributed by atoms with Crippen LogP contribution >= 0.6 is 11.3 Å². The number of imidazole rings is 1. The number of hydrogen-bond donors (Lipinski definition) is 1. The Balaban J connectivity index is 1.73. The van der Waals surface area contributed by atoms with Crippen molar-refractivity contribution in [3.05, 3.63) is 43.7 Å². The average molecular weight is 362 g/mol. The minimum Gasteiger partial charge on any atom is -0.390 e. The van der Waals surface area contributed by atoms with Gasteiger partial charge in [0.1, 0.15) is 5.65 Å². The smallest absolute Gasteiger partial charge is 0.332 e. The van der Waals surface area contributed by atoms with Crippen LogP contribution in [0.3, 0.4) is 0 Å². The lowest BCUT2D eigenvalue weighted by molar-refractivity contribution is 0.144. The summed E-state index contributed by atoms with van der Waals surface area (Å²) in [5.41, 5.74) is 2.58. The molecular formula is C15H18N6O3S. The minimum atomic E-state index is -0.616. The summed E-state index contributed by atoms with van der Waals surface area (Å²) in [5.74, 6) is 0. The van der Waals surface area contributed by atoms with Crippen molar-refractivity contribution in [3.63, 3.8) is 0 Å². The topological polar surface area (TPSA) is 98.2 Å². The number of aliphatic hydroxyl groups is 1. The SMILES string of the molecule is Cn1c(=O)c2ncn([C@@H]3CN(Cc4cscn4)C[C@H]3O)c2n(C)c1=O. The number of aromatic nitrogens is 5. The predicted octanol–water partition coefficient (Wildman–Crippen LogP) is -0.692. The van der Waals surface area contributed by atoms with E-state index in [-0.39, 0.29) is 11.6 Å². The Morgan fingerprint density at radius 2 is 2.04 bits per heavy atom. The molecule has 9 nitrogen and oxygen atoms in total. The van der Waals surface area contributed by atoms with Gasteiger partial charge < -0.3 is 9.67 Å². The summed E-state index contributed by atoms with van der Waals surface area (Å²) in [5, 5.41) is 12.5. The molecule has 1 fully saturated rings. The lowest BCUT2D eigenvalue weighted by atomic mass is 10.2. The van der Waals surface area contributed by atoms with E-state index in [0.717, 1.165) is 10.3 Å². The predicted molar refractivity (Wildman–Crippen MR) is 92.6 cm³/mol. The van der Waals surface area contributed by atoms with E-state index >= 15 is 0 Å². The lowest BCUT2D eigenvalue weighted by Gasteiger charge is -2.18. The van der Waals surface area contributed by atoms with Gasteiger partial charge in [0, 0.05) is 39.1 Å². The molecule has 3 aromatic rings. The Morgan fingerprint density at radius 1 is 1.24 bits per heavy atom. The van der Waals surface area contributed by atoms with Crippen molar-refractivity contribution in [2.75, 3.05) is 13.1 Å². The van der Waals surface area contributed by atoms with Gasteiger partial charge in [0.15, 0.2) is 5.52 Å². The van der Waals surface area contributed by atoms with Crippen molar-refractivity contribution in [2.45, 2.75) is 18.7 Å². The Morgan fingerprint density at radius 3 is 2.76 bits per heavy atom. The first-order valence-electron chi connectivity index (χ1n) is 7.87. The third-order valence-electron chi connectivity index (χ3n) is 4.73. The fourth-order valence-electron chi connectivity index (χ4n) is 3.44. The molecule has 1 aliphatic rings. The molecule has 10 heteroatoms. The van der Waals surface area contributed by atoms with Crippen molar-refractivity contribution in [1.82, 2.24) is 28.6 Å². The quantitative estimate of drug-likeness (QED) is 0.662. The minimum absolute atomic E-state index is 0.231. The summed E-state index contributed by atoms with van der Waals surface area (Å²) < 4.78 is 4.18. The van der Waals surface area contributed by atoms with Crippen LogP contribution in [0.25, 0.3) is 11.2 Å². The van der Waals surface area contributed by atoms with Crippen molar-refractivity contribution < 1.29 is 5.11 Å². The number of fused-ring (bicyclic) bond motifs is 1. The highest BCUT2D eigenvalue weighted by atomic mass is 32.1. The van der Waals surface area contributed by atoms with Gasteiger partial charge in [0.2, 0.25) is 0 Å². The number of aliphatic hydroxyl groups excluding tert-OH is 1. The molecule has 3 aromatic heterocycles. The van der Waals surface area contributed by atoms with Crippen LogP contribution in [0.4, 0.5) is 0 Å². The number of rotatable bonds is 3. The maximum absolute atomic E-state index is 12.3. The molecule has 1 aliphatic heterocycles. The van der Waals surface area contributed by atoms with Crippen LogP contribution in [0.1, 0.15) is 11.7 Å². The molecule has 0 amide bonds.